The topological polar surface area (TPSA) is 45.9 Å². The molecule has 0 bridgehead atoms. The van der Waals surface area contributed by atoms with Crippen LogP contribution in [0.5, 0.6) is 0 Å². The van der Waals surface area contributed by atoms with E-state index >= 15 is 0 Å². The van der Waals surface area contributed by atoms with Crippen LogP contribution in [-0.4, -0.2) is 59.1 Å². The van der Waals surface area contributed by atoms with Gasteiger partial charge in [0.2, 0.25) is 5.91 Å². The Bertz CT molecular complexity index is 968. The first kappa shape index (κ1) is 18.9. The molecule has 1 unspecified atom stereocenters. The molecule has 0 N–H and O–H groups in total. The van der Waals surface area contributed by atoms with Gasteiger partial charge in [0, 0.05) is 24.6 Å². The van der Waals surface area contributed by atoms with Crippen molar-refractivity contribution in [1.82, 2.24) is 9.80 Å². The zero-order chi connectivity index (χ0) is 20.4. The number of rotatable bonds is 4. The number of likely N-dealkylation sites (tertiary alicyclic amines) is 1. The molecule has 1 aromatic heterocycles. The van der Waals surface area contributed by atoms with Gasteiger partial charge in [-0.2, -0.15) is 0 Å². The van der Waals surface area contributed by atoms with Gasteiger partial charge in [-0.3, -0.25) is 9.69 Å². The highest BCUT2D eigenvalue weighted by molar-refractivity contribution is 5.88. The Morgan fingerprint density at radius 3 is 2.77 bits per heavy atom. The summed E-state index contributed by atoms with van der Waals surface area (Å²) >= 11 is 0. The molecule has 4 aliphatic rings. The van der Waals surface area contributed by atoms with Crippen molar-refractivity contribution in [3.63, 3.8) is 0 Å². The molecule has 2 aromatic rings. The highest BCUT2D eigenvalue weighted by atomic mass is 16.5. The lowest BCUT2D eigenvalue weighted by atomic mass is 9.76. The smallest absolute Gasteiger partial charge is 0.227 e. The normalized spacial score (nSPS) is 35.8. The zero-order valence-electron chi connectivity index (χ0n) is 18.0. The van der Waals surface area contributed by atoms with Gasteiger partial charge in [0.1, 0.15) is 5.58 Å². The van der Waals surface area contributed by atoms with Crippen LogP contribution < -0.4 is 0 Å². The van der Waals surface area contributed by atoms with Gasteiger partial charge in [0.05, 0.1) is 23.8 Å². The van der Waals surface area contributed by atoms with Gasteiger partial charge < -0.3 is 14.1 Å². The van der Waals surface area contributed by atoms with E-state index in [9.17, 15) is 4.79 Å². The van der Waals surface area contributed by atoms with Crippen molar-refractivity contribution in [2.24, 2.45) is 0 Å². The number of hydrogen-bond donors (Lipinski definition) is 0. The summed E-state index contributed by atoms with van der Waals surface area (Å²) in [5, 5.41) is 1.06. The third-order valence-corrected chi connectivity index (χ3v) is 8.78. The molecular formula is C25H32N2O3. The van der Waals surface area contributed by atoms with Gasteiger partial charge in [-0.05, 0) is 82.2 Å². The molecular weight excluding hydrogens is 376 g/mol. The molecule has 1 amide bonds. The van der Waals surface area contributed by atoms with Crippen LogP contribution >= 0.6 is 0 Å². The average molecular weight is 409 g/mol. The fourth-order valence-electron chi connectivity index (χ4n) is 7.13. The number of furan rings is 1. The number of fused-ring (bicyclic) bond motifs is 2. The van der Waals surface area contributed by atoms with Gasteiger partial charge in [-0.15, -0.1) is 0 Å². The van der Waals surface area contributed by atoms with Crippen LogP contribution in [0.2, 0.25) is 0 Å². The van der Waals surface area contributed by atoms with Gasteiger partial charge in [-0.25, -0.2) is 0 Å². The lowest BCUT2D eigenvalue weighted by Gasteiger charge is -2.48. The summed E-state index contributed by atoms with van der Waals surface area (Å²) in [5.74, 6) is 0.230. The van der Waals surface area contributed by atoms with Crippen LogP contribution in [0.15, 0.2) is 34.9 Å². The lowest BCUT2D eigenvalue weighted by Crippen LogP contribution is -2.58. The van der Waals surface area contributed by atoms with Crippen LogP contribution in [0.4, 0.5) is 0 Å². The number of hydrogen-bond acceptors (Lipinski definition) is 4. The molecule has 5 heteroatoms. The Hall–Kier alpha value is -1.85. The predicted octanol–water partition coefficient (Wildman–Crippen LogP) is 4.14. The van der Waals surface area contributed by atoms with E-state index in [0.717, 1.165) is 48.8 Å². The Kier molecular flexibility index (Phi) is 4.14. The highest BCUT2D eigenvalue weighted by Gasteiger charge is 2.76. The van der Waals surface area contributed by atoms with Crippen molar-refractivity contribution in [3.8, 4) is 0 Å². The summed E-state index contributed by atoms with van der Waals surface area (Å²) in [6, 6.07) is 7.99. The fraction of sp³-hybridized carbons (Fsp3) is 0.640. The molecule has 2 saturated carbocycles. The van der Waals surface area contributed by atoms with Gasteiger partial charge in [-0.1, -0.05) is 12.1 Å². The van der Waals surface area contributed by atoms with E-state index in [0.29, 0.717) is 6.42 Å². The first-order valence-electron chi connectivity index (χ1n) is 11.7. The summed E-state index contributed by atoms with van der Waals surface area (Å²) in [6.07, 6.45) is 11.5. The van der Waals surface area contributed by atoms with E-state index in [1.54, 1.807) is 6.26 Å². The summed E-state index contributed by atoms with van der Waals surface area (Å²) in [7, 11) is 2.06. The monoisotopic (exact) mass is 408 g/mol. The molecule has 4 fully saturated rings. The summed E-state index contributed by atoms with van der Waals surface area (Å²) in [6.45, 7) is 3.26. The summed E-state index contributed by atoms with van der Waals surface area (Å²) in [5.41, 5.74) is 2.09. The van der Waals surface area contributed by atoms with Gasteiger partial charge in [0.25, 0.3) is 0 Å². The predicted molar refractivity (Wildman–Crippen MR) is 115 cm³/mol. The average Bonchev–Trinajstić information content (AvgIpc) is 3.29. The number of likely N-dealkylation sites (N-methyl/N-ethyl adjacent to an activating group) is 1. The number of benzene rings is 1. The van der Waals surface area contributed by atoms with Crippen molar-refractivity contribution >= 4 is 16.9 Å². The number of amides is 1. The molecule has 160 valence electrons. The fourth-order valence-corrected chi connectivity index (χ4v) is 7.13. The molecule has 30 heavy (non-hydrogen) atoms. The molecule has 2 aliphatic carbocycles. The molecule has 2 aliphatic heterocycles. The van der Waals surface area contributed by atoms with Crippen molar-refractivity contribution in [2.75, 3.05) is 26.7 Å². The van der Waals surface area contributed by atoms with Crippen LogP contribution in [-0.2, 0) is 16.0 Å². The maximum atomic E-state index is 13.5. The standard InChI is InChI=1S/C25H32N2O3/c1-26(22(28)16-19-6-4-7-21-20(19)8-15-29-21)24-11-10-23(9-5-14-30-23)17-25(24,18-24)27-12-2-3-13-27/h4,6-8,15H,2-3,5,9-14,16-18H2,1H3/t23-,24+,25?/m0/s1. The molecule has 3 heterocycles. The lowest BCUT2D eigenvalue weighted by molar-refractivity contribution is -0.137. The van der Waals surface area contributed by atoms with Crippen LogP contribution in [0.1, 0.15) is 56.9 Å². The molecule has 1 aromatic carbocycles. The third-order valence-electron chi connectivity index (χ3n) is 8.78. The van der Waals surface area contributed by atoms with Gasteiger partial charge >= 0.3 is 0 Å². The molecule has 2 saturated heterocycles. The van der Waals surface area contributed by atoms with Gasteiger partial charge in [0.15, 0.2) is 0 Å². The quantitative estimate of drug-likeness (QED) is 0.763. The van der Waals surface area contributed by atoms with E-state index in [4.69, 9.17) is 9.15 Å². The SMILES string of the molecule is CN(C(=O)Cc1cccc2occc12)[C@@]12CC[C@@]3(CCCO3)CC1(N1CCCC1)C2. The molecule has 0 radical (unpaired) electrons. The Morgan fingerprint density at radius 2 is 1.97 bits per heavy atom. The molecule has 5 nitrogen and oxygen atoms in total. The maximum Gasteiger partial charge on any atom is 0.227 e. The van der Waals surface area contributed by atoms with E-state index < -0.39 is 0 Å². The number of ether oxygens (including phenoxy) is 1. The molecule has 1 spiro atoms. The van der Waals surface area contributed by atoms with Crippen molar-refractivity contribution in [2.45, 2.75) is 74.5 Å². The minimum Gasteiger partial charge on any atom is -0.464 e. The van der Waals surface area contributed by atoms with Crippen molar-refractivity contribution < 1.29 is 13.9 Å². The summed E-state index contributed by atoms with van der Waals surface area (Å²) in [4.78, 5) is 18.4. The minimum atomic E-state index is -0.0179. The zero-order valence-corrected chi connectivity index (χ0v) is 18.0. The highest BCUT2D eigenvalue weighted by Crippen LogP contribution is 2.67. The second-order valence-electron chi connectivity index (χ2n) is 10.1. The van der Waals surface area contributed by atoms with Crippen molar-refractivity contribution in [3.05, 3.63) is 36.1 Å². The maximum absolute atomic E-state index is 13.5. The van der Waals surface area contributed by atoms with E-state index in [2.05, 4.69) is 22.9 Å². The Morgan fingerprint density at radius 1 is 1.10 bits per heavy atom. The molecule has 3 atom stereocenters. The van der Waals surface area contributed by atoms with Crippen LogP contribution in [0.3, 0.4) is 0 Å². The molecule has 6 rings (SSSR count). The van der Waals surface area contributed by atoms with Crippen LogP contribution in [0.25, 0.3) is 11.0 Å². The van der Waals surface area contributed by atoms with Crippen molar-refractivity contribution in [1.29, 1.82) is 0 Å². The first-order valence-corrected chi connectivity index (χ1v) is 11.7. The largest absolute Gasteiger partial charge is 0.464 e. The van der Waals surface area contributed by atoms with E-state index in [-0.39, 0.29) is 22.6 Å². The van der Waals surface area contributed by atoms with E-state index in [1.807, 2.05) is 18.2 Å². The second kappa shape index (κ2) is 6.57. The first-order chi connectivity index (χ1) is 14.6. The third kappa shape index (κ3) is 2.57. The Labute approximate surface area is 178 Å². The van der Waals surface area contributed by atoms with Crippen LogP contribution in [0, 0.1) is 0 Å². The summed E-state index contributed by atoms with van der Waals surface area (Å²) < 4.78 is 11.9. The minimum absolute atomic E-state index is 0.0179. The number of carbonyl (C=O) groups excluding carboxylic acids is 1. The number of nitrogens with zero attached hydrogens (tertiary/aromatic N) is 2. The number of carbonyl (C=O) groups is 1. The second-order valence-corrected chi connectivity index (χ2v) is 10.1. The van der Waals surface area contributed by atoms with E-state index in [1.165, 1.54) is 38.8 Å². The Balaban J connectivity index is 1.28.